The summed E-state index contributed by atoms with van der Waals surface area (Å²) in [6, 6.07) is 19.6. The Morgan fingerprint density at radius 2 is 1.81 bits per heavy atom. The number of benzene rings is 5. The number of aryl methyl sites for hydroxylation is 2. The zero-order chi connectivity index (χ0) is 61.8. The number of phenols is 1. The summed E-state index contributed by atoms with van der Waals surface area (Å²) >= 11 is 0. The minimum absolute atomic E-state index is 0.00748. The number of ether oxygens (including phenoxy) is 5. The summed E-state index contributed by atoms with van der Waals surface area (Å²) in [6.45, 7) is 7.33. The van der Waals surface area contributed by atoms with Crippen molar-refractivity contribution in [3.63, 3.8) is 0 Å². The molecule has 0 aliphatic carbocycles. The maximum atomic E-state index is 17.4. The van der Waals surface area contributed by atoms with Crippen LogP contribution >= 0.6 is 0 Å². The lowest BCUT2D eigenvalue weighted by Crippen LogP contribution is -2.58. The lowest BCUT2D eigenvalue weighted by atomic mass is 9.86. The third-order valence-electron chi connectivity index (χ3n) is 17.4. The van der Waals surface area contributed by atoms with Crippen LogP contribution in [0.25, 0.3) is 44.0 Å². The molecule has 4 aliphatic heterocycles. The summed E-state index contributed by atoms with van der Waals surface area (Å²) in [7, 11) is 1.01. The van der Waals surface area contributed by atoms with Gasteiger partial charge in [-0.2, -0.15) is 14.3 Å². The summed E-state index contributed by atoms with van der Waals surface area (Å²) in [4.78, 5) is 45.6. The minimum Gasteiger partial charge on any atom is -0.508 e. The molecule has 88 heavy (non-hydrogen) atoms. The van der Waals surface area contributed by atoms with Crippen LogP contribution in [0.3, 0.4) is 0 Å². The molecule has 458 valence electrons. The van der Waals surface area contributed by atoms with E-state index in [0.29, 0.717) is 71.6 Å². The van der Waals surface area contributed by atoms with Crippen LogP contribution in [-0.2, 0) is 37.9 Å². The van der Waals surface area contributed by atoms with Crippen molar-refractivity contribution in [2.75, 3.05) is 71.6 Å². The Kier molecular flexibility index (Phi) is 16.3. The number of likely N-dealkylation sites (tertiary alicyclic amines) is 1. The fourth-order valence-corrected chi connectivity index (χ4v) is 14.5. The van der Waals surface area contributed by atoms with Gasteiger partial charge in [0, 0.05) is 67.9 Å². The number of nitrogens with one attached hydrogen (secondary N) is 2. The van der Waals surface area contributed by atoms with Crippen LogP contribution in [0, 0.1) is 30.9 Å². The Balaban J connectivity index is 0.750. The largest absolute Gasteiger partial charge is 0.508 e. The van der Waals surface area contributed by atoms with Crippen LogP contribution in [0.4, 0.5) is 14.6 Å². The number of rotatable bonds is 18. The van der Waals surface area contributed by atoms with Crippen LogP contribution in [0.2, 0.25) is 0 Å². The summed E-state index contributed by atoms with van der Waals surface area (Å²) < 4.78 is 94.8. The first-order chi connectivity index (χ1) is 42.4. The number of terminal acetylenes is 1. The number of carbonyl (C=O) groups excluding carboxylic acids is 2. The predicted molar refractivity (Wildman–Crippen MR) is 324 cm³/mol. The van der Waals surface area contributed by atoms with Gasteiger partial charge in [0.2, 0.25) is 15.9 Å². The molecule has 7 heterocycles. The van der Waals surface area contributed by atoms with E-state index >= 15 is 8.78 Å². The second-order valence-corrected chi connectivity index (χ2v) is 25.0. The van der Waals surface area contributed by atoms with Crippen LogP contribution < -0.4 is 34.5 Å². The third kappa shape index (κ3) is 11.2. The van der Waals surface area contributed by atoms with Gasteiger partial charge in [0.05, 0.1) is 44.2 Å². The molecule has 3 saturated heterocycles. The Morgan fingerprint density at radius 3 is 2.56 bits per heavy atom. The number of methoxy groups -OCH3 is 1. The highest BCUT2D eigenvalue weighted by Gasteiger charge is 2.47. The van der Waals surface area contributed by atoms with Crippen molar-refractivity contribution >= 4 is 60.4 Å². The predicted octanol–water partition coefficient (Wildman–Crippen LogP) is 7.44. The highest BCUT2D eigenvalue weighted by molar-refractivity contribution is 7.89. The zero-order valence-corrected chi connectivity index (χ0v) is 50.4. The van der Waals surface area contributed by atoms with E-state index in [9.17, 15) is 23.1 Å². The van der Waals surface area contributed by atoms with Crippen molar-refractivity contribution in [2.45, 2.75) is 94.0 Å². The first-order valence-electron chi connectivity index (χ1n) is 29.3. The van der Waals surface area contributed by atoms with Crippen LogP contribution in [0.5, 0.6) is 29.0 Å². The summed E-state index contributed by atoms with van der Waals surface area (Å²) in [5.74, 6) is 0.763. The molecule has 24 heteroatoms. The Hall–Kier alpha value is -8.76. The smallest absolute Gasteiger partial charge is 0.319 e. The lowest BCUT2D eigenvalue weighted by Gasteiger charge is -2.35. The monoisotopic (exact) mass is 1220 g/mol. The molecule has 0 radical (unpaired) electrons. The number of amides is 1. The number of esters is 1. The molecule has 3 N–H and O–H groups in total. The van der Waals surface area contributed by atoms with Crippen molar-refractivity contribution in [2.24, 2.45) is 7.05 Å². The first-order valence-corrected chi connectivity index (χ1v) is 30.8. The van der Waals surface area contributed by atoms with Crippen molar-refractivity contribution in [3.8, 4) is 52.6 Å². The van der Waals surface area contributed by atoms with E-state index in [-0.39, 0.29) is 114 Å². The highest BCUT2D eigenvalue weighted by Crippen LogP contribution is 2.42. The maximum Gasteiger partial charge on any atom is 0.319 e. The number of aromatic hydroxyl groups is 1. The molecule has 5 aromatic carbocycles. The van der Waals surface area contributed by atoms with Gasteiger partial charge in [-0.15, -0.1) is 11.5 Å². The molecule has 12 rings (SSSR count). The molecule has 0 spiro atoms. The summed E-state index contributed by atoms with van der Waals surface area (Å²) in [6.07, 6.45) is 9.71. The number of hydrogen-bond acceptors (Lipinski definition) is 18. The zero-order valence-electron chi connectivity index (χ0n) is 49.6. The number of fused-ring (bicyclic) bond motifs is 6. The molecular formula is C64H67F2N11O10S. The normalized spacial score (nSPS) is 20.3. The summed E-state index contributed by atoms with van der Waals surface area (Å²) in [5.41, 5.74) is 2.82. The molecule has 21 nitrogen and oxygen atoms in total. The second kappa shape index (κ2) is 24.1. The molecule has 1 amide bonds. The van der Waals surface area contributed by atoms with Crippen molar-refractivity contribution < 1.29 is 55.6 Å². The van der Waals surface area contributed by atoms with E-state index < -0.39 is 45.2 Å². The topological polar surface area (TPSA) is 238 Å². The Labute approximate surface area is 507 Å². The number of sulfonamides is 1. The van der Waals surface area contributed by atoms with Gasteiger partial charge >= 0.3 is 12.0 Å². The third-order valence-corrected chi connectivity index (χ3v) is 19.2. The number of anilines is 1. The van der Waals surface area contributed by atoms with E-state index in [1.165, 1.54) is 46.9 Å². The van der Waals surface area contributed by atoms with E-state index in [1.54, 1.807) is 38.8 Å². The van der Waals surface area contributed by atoms with E-state index in [2.05, 4.69) is 41.7 Å². The fourth-order valence-electron chi connectivity index (χ4n) is 12.9. The number of likely N-dealkylation sites (N-methyl/N-ethyl adjacent to an activating group) is 1. The molecule has 3 aromatic heterocycles. The number of aromatic nitrogens is 6. The van der Waals surface area contributed by atoms with Crippen molar-refractivity contribution in [1.82, 2.24) is 49.8 Å². The van der Waals surface area contributed by atoms with Gasteiger partial charge in [-0.25, -0.2) is 21.9 Å². The maximum absolute atomic E-state index is 17.4. The number of phenolic OH excluding ortho intramolecular Hbond substituents is 1. The number of nitrogens with zero attached hydrogens (tertiary/aromatic N) is 9. The van der Waals surface area contributed by atoms with Gasteiger partial charge in [-0.1, -0.05) is 35.4 Å². The van der Waals surface area contributed by atoms with Crippen molar-refractivity contribution in [1.29, 1.82) is 0 Å². The number of hydrogen-bond donors (Lipinski definition) is 3. The Bertz CT molecular complexity index is 4230. The minimum atomic E-state index is -4.15. The van der Waals surface area contributed by atoms with Gasteiger partial charge in [0.1, 0.15) is 86.6 Å². The van der Waals surface area contributed by atoms with Gasteiger partial charge in [0.15, 0.2) is 5.82 Å². The first kappa shape index (κ1) is 59.6. The standard InChI is InChI=1S/C64H67F2N11O10S/c1-8-46-50(65)17-13-39-24-44(78)27-48(56(39)46)58-57(66)59-49(30-68-58)61(76-33-42-14-15-43(34-76)69-42)71-63(70-59)86-35-64(19-10-21-74(64)5)62(80)67-20-22-85-45-16-18-54-52(28-45)87-37(4)31-77(88(54,81)82)32-41-23-38(12-11-36(41)3)47(29-55(79)84-9-2)40-25-51-60(53(26-40)83-7)75(6)73-72-51/h1,11-13,16-18,23-28,30,37,42-43,47,69,78H,9-10,14-15,19-22,29,31-35H2,2-7H3,(H,67,80)/t37-,42-,43+,47?,64-/m1/s1. The van der Waals surface area contributed by atoms with Crippen LogP contribution in [0.1, 0.15) is 79.7 Å². The molecule has 4 aliphatic rings. The highest BCUT2D eigenvalue weighted by atomic mass is 32.2. The van der Waals surface area contributed by atoms with Gasteiger partial charge in [-0.3, -0.25) is 19.5 Å². The van der Waals surface area contributed by atoms with E-state index in [1.807, 2.05) is 49.2 Å². The molecular weight excluding hydrogens is 1150 g/mol. The van der Waals surface area contributed by atoms with Crippen LogP contribution in [0.15, 0.2) is 83.9 Å². The van der Waals surface area contributed by atoms with Gasteiger partial charge in [-0.05, 0) is 130 Å². The molecule has 1 unspecified atom stereocenters. The molecule has 0 saturated carbocycles. The average Bonchev–Trinajstić information content (AvgIpc) is 3.57. The fraction of sp³-hybridized carbons (Fsp3) is 0.391. The molecule has 2 bridgehead atoms. The average molecular weight is 1220 g/mol. The van der Waals surface area contributed by atoms with Crippen LogP contribution in [-0.4, -0.2) is 155 Å². The number of pyridine rings is 1. The van der Waals surface area contributed by atoms with Gasteiger partial charge < -0.3 is 44.3 Å². The molecule has 5 atom stereocenters. The lowest BCUT2D eigenvalue weighted by molar-refractivity contribution is -0.143. The van der Waals surface area contributed by atoms with E-state index in [4.69, 9.17) is 35.1 Å². The molecule has 8 aromatic rings. The number of halogens is 2. The number of carbonyl (C=O) groups is 2. The Morgan fingerprint density at radius 1 is 1.00 bits per heavy atom. The second-order valence-electron chi connectivity index (χ2n) is 23.0. The van der Waals surface area contributed by atoms with Gasteiger partial charge in [0.25, 0.3) is 0 Å². The quantitative estimate of drug-likeness (QED) is 0.0430. The molecule has 3 fully saturated rings. The summed E-state index contributed by atoms with van der Waals surface area (Å²) in [5, 5.41) is 26.8. The number of piperazine rings is 1. The van der Waals surface area contributed by atoms with Crippen molar-refractivity contribution in [3.05, 3.63) is 118 Å². The SMILES string of the molecule is C#Cc1c(F)ccc2cc(O)cc(-c3ncc4c(N5C[C@H]6CC[C@@H](C5)N6)nc(OC[C@@]5(C(=O)NCCOc6ccc7c(c6)O[C@H](C)CN(Cc6cc(C(CC(=O)OCC)c8cc(OC)c9c(c8)nnn9C)ccc6C)S7(=O)=O)CCCN5C)nc4c3F)c12. The van der Waals surface area contributed by atoms with E-state index in [0.717, 1.165) is 35.1 Å².